The molecule has 2 rings (SSSR count). The van der Waals surface area contributed by atoms with Crippen molar-refractivity contribution in [1.82, 2.24) is 10.2 Å². The standard InChI is InChI=1S/C12H22N2O2/c1-12(2,3)16-11(15)14-7-6-10(8-14)13-9-4-5-9/h9-10,13H,4-8H2,1-3H3. The Morgan fingerprint density at radius 2 is 1.94 bits per heavy atom. The van der Waals surface area contributed by atoms with Gasteiger partial charge >= 0.3 is 6.09 Å². The van der Waals surface area contributed by atoms with Crippen LogP contribution in [-0.4, -0.2) is 41.8 Å². The van der Waals surface area contributed by atoms with E-state index in [0.717, 1.165) is 19.5 Å². The maximum Gasteiger partial charge on any atom is 0.410 e. The fourth-order valence-electron chi connectivity index (χ4n) is 1.97. The molecule has 2 aliphatic rings. The summed E-state index contributed by atoms with van der Waals surface area (Å²) in [6.45, 7) is 7.33. The van der Waals surface area contributed by atoms with E-state index in [4.69, 9.17) is 4.74 Å². The number of hydrogen-bond acceptors (Lipinski definition) is 3. The Labute approximate surface area is 97.3 Å². The zero-order valence-corrected chi connectivity index (χ0v) is 10.5. The average molecular weight is 226 g/mol. The van der Waals surface area contributed by atoms with Gasteiger partial charge in [-0.25, -0.2) is 4.79 Å². The first kappa shape index (κ1) is 11.7. The second kappa shape index (κ2) is 4.24. The third kappa shape index (κ3) is 3.37. The highest BCUT2D eigenvalue weighted by atomic mass is 16.6. The first-order valence-electron chi connectivity index (χ1n) is 6.18. The molecule has 1 unspecified atom stereocenters. The van der Waals surface area contributed by atoms with Crippen molar-refractivity contribution in [2.24, 2.45) is 0 Å². The van der Waals surface area contributed by atoms with Crippen LogP contribution in [-0.2, 0) is 4.74 Å². The molecule has 1 saturated heterocycles. The van der Waals surface area contributed by atoms with Gasteiger partial charge in [0.1, 0.15) is 5.60 Å². The molecule has 16 heavy (non-hydrogen) atoms. The number of rotatable bonds is 2. The van der Waals surface area contributed by atoms with Crippen molar-refractivity contribution >= 4 is 6.09 Å². The Kier molecular flexibility index (Phi) is 3.10. The molecule has 1 N–H and O–H groups in total. The highest BCUT2D eigenvalue weighted by Gasteiger charge is 2.32. The Morgan fingerprint density at radius 1 is 1.25 bits per heavy atom. The molecule has 1 heterocycles. The van der Waals surface area contributed by atoms with Crippen LogP contribution in [0.25, 0.3) is 0 Å². The van der Waals surface area contributed by atoms with Crippen molar-refractivity contribution in [2.45, 2.75) is 57.7 Å². The number of amides is 1. The fourth-order valence-corrected chi connectivity index (χ4v) is 1.97. The smallest absolute Gasteiger partial charge is 0.410 e. The molecule has 0 radical (unpaired) electrons. The second-order valence-electron chi connectivity index (χ2n) is 5.85. The minimum absolute atomic E-state index is 0.174. The third-order valence-corrected chi connectivity index (χ3v) is 2.89. The molecule has 0 bridgehead atoms. The van der Waals surface area contributed by atoms with E-state index < -0.39 is 0 Å². The molecule has 1 atom stereocenters. The van der Waals surface area contributed by atoms with Gasteiger partial charge < -0.3 is 15.0 Å². The summed E-state index contributed by atoms with van der Waals surface area (Å²) in [5, 5.41) is 3.55. The molecule has 92 valence electrons. The number of nitrogens with zero attached hydrogens (tertiary/aromatic N) is 1. The monoisotopic (exact) mass is 226 g/mol. The van der Waals surface area contributed by atoms with Gasteiger partial charge in [-0.05, 0) is 40.0 Å². The van der Waals surface area contributed by atoms with Crippen LogP contribution in [0.3, 0.4) is 0 Å². The number of likely N-dealkylation sites (tertiary alicyclic amines) is 1. The number of nitrogens with one attached hydrogen (secondary N) is 1. The summed E-state index contributed by atoms with van der Waals surface area (Å²) < 4.78 is 5.35. The fraction of sp³-hybridized carbons (Fsp3) is 0.917. The minimum atomic E-state index is -0.390. The zero-order chi connectivity index (χ0) is 11.8. The van der Waals surface area contributed by atoms with Crippen molar-refractivity contribution in [3.8, 4) is 0 Å². The Morgan fingerprint density at radius 3 is 2.50 bits per heavy atom. The van der Waals surface area contributed by atoms with Crippen molar-refractivity contribution in [1.29, 1.82) is 0 Å². The predicted molar refractivity (Wildman–Crippen MR) is 62.4 cm³/mol. The molecule has 0 aromatic carbocycles. The molecule has 0 aromatic rings. The van der Waals surface area contributed by atoms with Gasteiger partial charge in [-0.2, -0.15) is 0 Å². The van der Waals surface area contributed by atoms with Crippen LogP contribution in [0.5, 0.6) is 0 Å². The summed E-state index contributed by atoms with van der Waals surface area (Å²) in [7, 11) is 0. The molecule has 4 heteroatoms. The Hall–Kier alpha value is -0.770. The van der Waals surface area contributed by atoms with Crippen LogP contribution in [0.15, 0.2) is 0 Å². The summed E-state index contributed by atoms with van der Waals surface area (Å²) in [4.78, 5) is 13.6. The van der Waals surface area contributed by atoms with Gasteiger partial charge in [0.05, 0.1) is 0 Å². The lowest BCUT2D eigenvalue weighted by Gasteiger charge is -2.24. The van der Waals surface area contributed by atoms with Gasteiger partial charge in [-0.3, -0.25) is 0 Å². The first-order valence-corrected chi connectivity index (χ1v) is 6.18. The van der Waals surface area contributed by atoms with E-state index in [2.05, 4.69) is 5.32 Å². The van der Waals surface area contributed by atoms with E-state index in [0.29, 0.717) is 12.1 Å². The van der Waals surface area contributed by atoms with Gasteiger partial charge in [0.2, 0.25) is 0 Å². The molecule has 2 fully saturated rings. The molecule has 1 aliphatic heterocycles. The van der Waals surface area contributed by atoms with E-state index in [1.165, 1.54) is 12.8 Å². The quantitative estimate of drug-likeness (QED) is 0.780. The Bertz CT molecular complexity index is 269. The van der Waals surface area contributed by atoms with Crippen LogP contribution in [0.4, 0.5) is 4.79 Å². The van der Waals surface area contributed by atoms with E-state index in [1.807, 2.05) is 25.7 Å². The van der Waals surface area contributed by atoms with Crippen molar-refractivity contribution < 1.29 is 9.53 Å². The van der Waals surface area contributed by atoms with Crippen LogP contribution in [0.1, 0.15) is 40.0 Å². The Balaban J connectivity index is 1.76. The van der Waals surface area contributed by atoms with Gasteiger partial charge in [-0.15, -0.1) is 0 Å². The van der Waals surface area contributed by atoms with Crippen LogP contribution in [0, 0.1) is 0 Å². The van der Waals surface area contributed by atoms with Crippen molar-refractivity contribution in [3.05, 3.63) is 0 Å². The van der Waals surface area contributed by atoms with Crippen LogP contribution < -0.4 is 5.32 Å². The van der Waals surface area contributed by atoms with Crippen LogP contribution in [0.2, 0.25) is 0 Å². The summed E-state index contributed by atoms with van der Waals surface area (Å²) in [5.41, 5.74) is -0.390. The average Bonchev–Trinajstić information content (AvgIpc) is 2.78. The normalized spacial score (nSPS) is 25.9. The molecule has 1 saturated carbocycles. The van der Waals surface area contributed by atoms with Gasteiger partial charge in [-0.1, -0.05) is 0 Å². The highest BCUT2D eigenvalue weighted by Crippen LogP contribution is 2.22. The number of carbonyl (C=O) groups excluding carboxylic acids is 1. The first-order chi connectivity index (χ1) is 7.44. The van der Waals surface area contributed by atoms with Gasteiger partial charge in [0.15, 0.2) is 0 Å². The summed E-state index contributed by atoms with van der Waals surface area (Å²) in [5.74, 6) is 0. The number of carbonyl (C=O) groups is 1. The third-order valence-electron chi connectivity index (χ3n) is 2.89. The maximum absolute atomic E-state index is 11.8. The second-order valence-corrected chi connectivity index (χ2v) is 5.85. The molecule has 1 aliphatic carbocycles. The maximum atomic E-state index is 11.8. The molecular formula is C12H22N2O2. The van der Waals surface area contributed by atoms with Crippen molar-refractivity contribution in [2.75, 3.05) is 13.1 Å². The molecule has 0 aromatic heterocycles. The lowest BCUT2D eigenvalue weighted by atomic mass is 10.2. The SMILES string of the molecule is CC(C)(C)OC(=O)N1CCC(NC2CC2)C1. The van der Waals surface area contributed by atoms with E-state index in [1.54, 1.807) is 0 Å². The lowest BCUT2D eigenvalue weighted by Crippen LogP contribution is -2.38. The minimum Gasteiger partial charge on any atom is -0.444 e. The van der Waals surface area contributed by atoms with Crippen molar-refractivity contribution in [3.63, 3.8) is 0 Å². The van der Waals surface area contributed by atoms with Gasteiger partial charge in [0.25, 0.3) is 0 Å². The van der Waals surface area contributed by atoms with Gasteiger partial charge in [0, 0.05) is 25.2 Å². The predicted octanol–water partition coefficient (Wildman–Crippen LogP) is 1.75. The molecule has 0 spiro atoms. The summed E-state index contributed by atoms with van der Waals surface area (Å²) in [6, 6.07) is 1.18. The summed E-state index contributed by atoms with van der Waals surface area (Å²) >= 11 is 0. The highest BCUT2D eigenvalue weighted by molar-refractivity contribution is 5.68. The molecule has 4 nitrogen and oxygen atoms in total. The topological polar surface area (TPSA) is 41.6 Å². The zero-order valence-electron chi connectivity index (χ0n) is 10.5. The van der Waals surface area contributed by atoms with E-state index >= 15 is 0 Å². The van der Waals surface area contributed by atoms with E-state index in [-0.39, 0.29) is 11.7 Å². The van der Waals surface area contributed by atoms with Crippen LogP contribution >= 0.6 is 0 Å². The van der Waals surface area contributed by atoms with E-state index in [9.17, 15) is 4.79 Å². The largest absolute Gasteiger partial charge is 0.444 e. The number of ether oxygens (including phenoxy) is 1. The lowest BCUT2D eigenvalue weighted by molar-refractivity contribution is 0.0291. The molecular weight excluding hydrogens is 204 g/mol. The number of hydrogen-bond donors (Lipinski definition) is 1. The molecule has 1 amide bonds. The summed E-state index contributed by atoms with van der Waals surface area (Å²) in [6.07, 6.45) is 3.47.